The molecule has 8 heteroatoms. The van der Waals surface area contributed by atoms with Crippen LogP contribution < -0.4 is 11.5 Å². The standard InChI is InChI=1S/C6H10N6O2/c7-4(13)6(10-11-9)2-1-3-12(6)5(8)14/h1-3H2,(H2,7,13)(H2,8,14). The summed E-state index contributed by atoms with van der Waals surface area (Å²) in [6.07, 6.45) is 0.750. The molecule has 0 saturated carbocycles. The van der Waals surface area contributed by atoms with E-state index in [1.54, 1.807) is 0 Å². The number of azide groups is 1. The van der Waals surface area contributed by atoms with E-state index >= 15 is 0 Å². The topological polar surface area (TPSA) is 138 Å². The average Bonchev–Trinajstić information content (AvgIpc) is 2.50. The lowest BCUT2D eigenvalue weighted by Gasteiger charge is -2.29. The highest BCUT2D eigenvalue weighted by atomic mass is 16.2. The first-order valence-electron chi connectivity index (χ1n) is 3.98. The van der Waals surface area contributed by atoms with E-state index in [9.17, 15) is 9.59 Å². The van der Waals surface area contributed by atoms with E-state index < -0.39 is 17.6 Å². The number of rotatable bonds is 2. The maximum atomic E-state index is 11.1. The second-order valence-electron chi connectivity index (χ2n) is 2.96. The van der Waals surface area contributed by atoms with Crippen LogP contribution >= 0.6 is 0 Å². The number of nitrogens with zero attached hydrogens (tertiary/aromatic N) is 4. The molecule has 0 aromatic carbocycles. The van der Waals surface area contributed by atoms with Gasteiger partial charge in [0.15, 0.2) is 0 Å². The van der Waals surface area contributed by atoms with E-state index in [1.165, 1.54) is 0 Å². The number of urea groups is 1. The van der Waals surface area contributed by atoms with Crippen molar-refractivity contribution in [3.05, 3.63) is 10.4 Å². The maximum Gasteiger partial charge on any atom is 0.315 e. The minimum absolute atomic E-state index is 0.218. The normalized spacial score (nSPS) is 25.6. The Morgan fingerprint density at radius 2 is 2.14 bits per heavy atom. The molecule has 1 heterocycles. The van der Waals surface area contributed by atoms with E-state index in [0.29, 0.717) is 6.42 Å². The fourth-order valence-electron chi connectivity index (χ4n) is 1.58. The second kappa shape index (κ2) is 3.43. The number of carbonyl (C=O) groups excluding carboxylic acids is 2. The van der Waals surface area contributed by atoms with Crippen LogP contribution in [0.1, 0.15) is 12.8 Å². The Labute approximate surface area is 79.5 Å². The lowest BCUT2D eigenvalue weighted by atomic mass is 10.1. The van der Waals surface area contributed by atoms with Gasteiger partial charge in [0, 0.05) is 11.5 Å². The lowest BCUT2D eigenvalue weighted by Crippen LogP contribution is -2.56. The highest BCUT2D eigenvalue weighted by molar-refractivity contribution is 5.89. The van der Waals surface area contributed by atoms with Crippen LogP contribution in [0.2, 0.25) is 0 Å². The van der Waals surface area contributed by atoms with E-state index in [-0.39, 0.29) is 13.0 Å². The first kappa shape index (κ1) is 10.1. The van der Waals surface area contributed by atoms with Crippen molar-refractivity contribution in [3.63, 3.8) is 0 Å². The summed E-state index contributed by atoms with van der Waals surface area (Å²) in [5, 5.41) is 3.29. The number of primary amides is 2. The largest absolute Gasteiger partial charge is 0.368 e. The number of amides is 3. The van der Waals surface area contributed by atoms with Crippen LogP contribution in [0.25, 0.3) is 10.4 Å². The van der Waals surface area contributed by atoms with Crippen molar-refractivity contribution in [3.8, 4) is 0 Å². The number of hydrogen-bond acceptors (Lipinski definition) is 3. The van der Waals surface area contributed by atoms with Gasteiger partial charge in [-0.05, 0) is 18.4 Å². The molecule has 1 aliphatic rings. The maximum absolute atomic E-state index is 11.1. The molecule has 1 saturated heterocycles. The summed E-state index contributed by atoms with van der Waals surface area (Å²) in [5.74, 6) is -0.855. The van der Waals surface area contributed by atoms with Crippen LogP contribution in [0.3, 0.4) is 0 Å². The Morgan fingerprint density at radius 1 is 1.50 bits per heavy atom. The zero-order chi connectivity index (χ0) is 10.8. The summed E-state index contributed by atoms with van der Waals surface area (Å²) in [6, 6.07) is -0.811. The van der Waals surface area contributed by atoms with Crippen molar-refractivity contribution < 1.29 is 9.59 Å². The third kappa shape index (κ3) is 1.31. The highest BCUT2D eigenvalue weighted by Gasteiger charge is 2.47. The van der Waals surface area contributed by atoms with Gasteiger partial charge < -0.3 is 16.4 Å². The van der Waals surface area contributed by atoms with Crippen molar-refractivity contribution >= 4 is 11.9 Å². The molecule has 1 unspecified atom stereocenters. The monoisotopic (exact) mass is 198 g/mol. The molecule has 0 bridgehead atoms. The van der Waals surface area contributed by atoms with Crippen LogP contribution in [0, 0.1) is 0 Å². The molecule has 1 atom stereocenters. The third-order valence-corrected chi connectivity index (χ3v) is 2.22. The van der Waals surface area contributed by atoms with Gasteiger partial charge in [-0.1, -0.05) is 5.11 Å². The Bertz CT molecular complexity index is 318. The van der Waals surface area contributed by atoms with Gasteiger partial charge in [-0.25, -0.2) is 4.79 Å². The second-order valence-corrected chi connectivity index (χ2v) is 2.96. The van der Waals surface area contributed by atoms with Crippen LogP contribution in [0.15, 0.2) is 5.11 Å². The summed E-state index contributed by atoms with van der Waals surface area (Å²) in [4.78, 5) is 25.6. The third-order valence-electron chi connectivity index (χ3n) is 2.22. The molecule has 0 aromatic heterocycles. The van der Waals surface area contributed by atoms with Crippen LogP contribution in [-0.2, 0) is 4.79 Å². The van der Waals surface area contributed by atoms with E-state index in [0.717, 1.165) is 4.90 Å². The molecule has 4 N–H and O–H groups in total. The molecule has 0 spiro atoms. The molecule has 8 nitrogen and oxygen atoms in total. The molecule has 1 fully saturated rings. The molecule has 3 amide bonds. The fraction of sp³-hybridized carbons (Fsp3) is 0.667. The number of likely N-dealkylation sites (tertiary alicyclic amines) is 1. The fourth-order valence-corrected chi connectivity index (χ4v) is 1.58. The molecule has 0 aliphatic carbocycles. The smallest absolute Gasteiger partial charge is 0.315 e. The van der Waals surface area contributed by atoms with Gasteiger partial charge in [0.05, 0.1) is 0 Å². The number of nitrogens with two attached hydrogens (primary N) is 2. The Kier molecular flexibility index (Phi) is 2.48. The Balaban J connectivity index is 3.13. The molecule has 14 heavy (non-hydrogen) atoms. The molecule has 0 aromatic rings. The predicted molar refractivity (Wildman–Crippen MR) is 46.6 cm³/mol. The first-order chi connectivity index (χ1) is 6.54. The molecule has 76 valence electrons. The van der Waals surface area contributed by atoms with Crippen LogP contribution in [-0.4, -0.2) is 29.0 Å². The molecule has 1 aliphatic heterocycles. The van der Waals surface area contributed by atoms with Crippen LogP contribution in [0.4, 0.5) is 4.79 Å². The van der Waals surface area contributed by atoms with Gasteiger partial charge in [-0.2, -0.15) is 0 Å². The van der Waals surface area contributed by atoms with Gasteiger partial charge in [0.2, 0.25) is 11.6 Å². The Morgan fingerprint density at radius 3 is 2.57 bits per heavy atom. The SMILES string of the molecule is [N-]=[N+]=NC1(C(N)=O)CCCN1C(N)=O. The van der Waals surface area contributed by atoms with Gasteiger partial charge in [-0.3, -0.25) is 4.79 Å². The van der Waals surface area contributed by atoms with Gasteiger partial charge in [0.1, 0.15) is 0 Å². The van der Waals surface area contributed by atoms with Crippen molar-refractivity contribution in [2.24, 2.45) is 16.6 Å². The van der Waals surface area contributed by atoms with Gasteiger partial charge >= 0.3 is 6.03 Å². The van der Waals surface area contributed by atoms with Crippen molar-refractivity contribution in [2.75, 3.05) is 6.54 Å². The zero-order valence-electron chi connectivity index (χ0n) is 7.38. The van der Waals surface area contributed by atoms with Crippen molar-refractivity contribution in [1.82, 2.24) is 4.90 Å². The minimum atomic E-state index is -1.61. The lowest BCUT2D eigenvalue weighted by molar-refractivity contribution is -0.126. The Hall–Kier alpha value is -1.95. The van der Waals surface area contributed by atoms with Crippen molar-refractivity contribution in [1.29, 1.82) is 0 Å². The molecular formula is C6H10N6O2. The average molecular weight is 198 g/mol. The summed E-state index contributed by atoms with van der Waals surface area (Å²) in [6.45, 7) is 0.275. The summed E-state index contributed by atoms with van der Waals surface area (Å²) < 4.78 is 0. The number of carbonyl (C=O) groups is 2. The summed E-state index contributed by atoms with van der Waals surface area (Å²) in [5.41, 5.74) is 16.8. The molecule has 1 rings (SSSR count). The zero-order valence-corrected chi connectivity index (χ0v) is 7.38. The number of hydrogen-bond donors (Lipinski definition) is 2. The first-order valence-corrected chi connectivity index (χ1v) is 3.98. The van der Waals surface area contributed by atoms with Gasteiger partial charge in [0.25, 0.3) is 0 Å². The van der Waals surface area contributed by atoms with E-state index in [1.807, 2.05) is 0 Å². The summed E-state index contributed by atoms with van der Waals surface area (Å²) in [7, 11) is 0. The molecule has 0 radical (unpaired) electrons. The van der Waals surface area contributed by atoms with Crippen LogP contribution in [0.5, 0.6) is 0 Å². The van der Waals surface area contributed by atoms with Crippen molar-refractivity contribution in [2.45, 2.75) is 18.5 Å². The van der Waals surface area contributed by atoms with Gasteiger partial charge in [-0.15, -0.1) is 0 Å². The highest BCUT2D eigenvalue weighted by Crippen LogP contribution is 2.30. The van der Waals surface area contributed by atoms with E-state index in [2.05, 4.69) is 10.0 Å². The minimum Gasteiger partial charge on any atom is -0.368 e. The summed E-state index contributed by atoms with van der Waals surface area (Å²) >= 11 is 0. The predicted octanol–water partition coefficient (Wildman–Crippen LogP) is -0.347. The van der Waals surface area contributed by atoms with E-state index in [4.69, 9.17) is 17.0 Å². The quantitative estimate of drug-likeness (QED) is 0.356. The molecular weight excluding hydrogens is 188 g/mol.